The molecule has 1 aromatic heterocycles. The van der Waals surface area contributed by atoms with E-state index in [9.17, 15) is 9.18 Å². The second-order valence-electron chi connectivity index (χ2n) is 7.31. The number of benzene rings is 3. The van der Waals surface area contributed by atoms with Crippen LogP contribution < -0.4 is 5.32 Å². The molecule has 33 heavy (non-hydrogen) atoms. The quantitative estimate of drug-likeness (QED) is 0.396. The largest absolute Gasteiger partial charge is 0.325 e. The van der Waals surface area contributed by atoms with E-state index in [4.69, 9.17) is 5.26 Å². The van der Waals surface area contributed by atoms with Gasteiger partial charge in [-0.15, -0.1) is 10.2 Å². The van der Waals surface area contributed by atoms with Crippen LogP contribution in [0.2, 0.25) is 0 Å². The number of rotatable bonds is 7. The van der Waals surface area contributed by atoms with Gasteiger partial charge in [-0.25, -0.2) is 4.39 Å². The molecule has 4 rings (SSSR count). The fourth-order valence-electron chi connectivity index (χ4n) is 3.24. The first-order chi connectivity index (χ1) is 16.0. The number of aromatic nitrogens is 3. The number of carbonyl (C=O) groups is 1. The summed E-state index contributed by atoms with van der Waals surface area (Å²) in [4.78, 5) is 12.8. The molecule has 8 heteroatoms. The van der Waals surface area contributed by atoms with Crippen molar-refractivity contribution < 1.29 is 9.18 Å². The summed E-state index contributed by atoms with van der Waals surface area (Å²) in [7, 11) is 0. The van der Waals surface area contributed by atoms with Gasteiger partial charge in [0, 0.05) is 17.8 Å². The lowest BCUT2D eigenvalue weighted by molar-refractivity contribution is -0.115. The molecule has 0 saturated heterocycles. The molecule has 6 nitrogen and oxygen atoms in total. The number of nitrogens with zero attached hydrogens (tertiary/aromatic N) is 4. The predicted octanol–water partition coefficient (Wildman–Crippen LogP) is 4.99. The maximum atomic E-state index is 13.5. The van der Waals surface area contributed by atoms with E-state index in [1.807, 2.05) is 34.9 Å². The Kier molecular flexibility index (Phi) is 6.81. The number of thioether (sulfide) groups is 1. The van der Waals surface area contributed by atoms with Gasteiger partial charge in [-0.05, 0) is 55.0 Å². The average Bonchev–Trinajstić information content (AvgIpc) is 3.22. The first-order valence-corrected chi connectivity index (χ1v) is 11.1. The SMILES string of the molecule is C[C@H](Sc1nnc(Cc2ccccc2)n1-c1ccc(F)cc1)C(=O)Nc1cccc(C#N)c1. The van der Waals surface area contributed by atoms with E-state index in [0.29, 0.717) is 34.3 Å². The number of carbonyl (C=O) groups excluding carboxylic acids is 1. The van der Waals surface area contributed by atoms with Gasteiger partial charge in [-0.3, -0.25) is 9.36 Å². The van der Waals surface area contributed by atoms with Crippen LogP contribution in [0.5, 0.6) is 0 Å². The Hall–Kier alpha value is -3.96. The van der Waals surface area contributed by atoms with Crippen molar-refractivity contribution in [2.24, 2.45) is 0 Å². The molecule has 3 aromatic carbocycles. The van der Waals surface area contributed by atoms with Gasteiger partial charge in [0.1, 0.15) is 11.6 Å². The predicted molar refractivity (Wildman–Crippen MR) is 126 cm³/mol. The minimum absolute atomic E-state index is 0.228. The monoisotopic (exact) mass is 457 g/mol. The average molecular weight is 458 g/mol. The molecular formula is C25H20FN5OS. The van der Waals surface area contributed by atoms with Crippen molar-refractivity contribution in [2.45, 2.75) is 23.8 Å². The van der Waals surface area contributed by atoms with Gasteiger partial charge >= 0.3 is 0 Å². The molecule has 4 aromatic rings. The van der Waals surface area contributed by atoms with Crippen molar-refractivity contribution in [1.82, 2.24) is 14.8 Å². The summed E-state index contributed by atoms with van der Waals surface area (Å²) >= 11 is 1.26. The summed E-state index contributed by atoms with van der Waals surface area (Å²) in [6.07, 6.45) is 0.535. The van der Waals surface area contributed by atoms with Gasteiger partial charge < -0.3 is 5.32 Å². The van der Waals surface area contributed by atoms with Crippen LogP contribution in [0.25, 0.3) is 5.69 Å². The Morgan fingerprint density at radius 2 is 1.85 bits per heavy atom. The van der Waals surface area contributed by atoms with Crippen molar-refractivity contribution in [3.05, 3.63) is 102 Å². The molecular weight excluding hydrogens is 437 g/mol. The summed E-state index contributed by atoms with van der Waals surface area (Å²) in [5.41, 5.74) is 2.79. The molecule has 1 atom stereocenters. The molecule has 1 amide bonds. The van der Waals surface area contributed by atoms with Gasteiger partial charge in [0.25, 0.3) is 0 Å². The van der Waals surface area contributed by atoms with Crippen molar-refractivity contribution in [2.75, 3.05) is 5.32 Å². The molecule has 0 aliphatic rings. The van der Waals surface area contributed by atoms with E-state index in [2.05, 4.69) is 21.6 Å². The summed E-state index contributed by atoms with van der Waals surface area (Å²) in [5.74, 6) is 0.121. The zero-order valence-corrected chi connectivity index (χ0v) is 18.6. The second-order valence-corrected chi connectivity index (χ2v) is 8.62. The third-order valence-electron chi connectivity index (χ3n) is 4.90. The number of halogens is 1. The lowest BCUT2D eigenvalue weighted by Crippen LogP contribution is -2.23. The normalized spacial score (nSPS) is 11.5. The lowest BCUT2D eigenvalue weighted by atomic mass is 10.1. The first-order valence-electron chi connectivity index (χ1n) is 10.3. The van der Waals surface area contributed by atoms with Gasteiger partial charge in [0.15, 0.2) is 5.16 Å². The molecule has 0 fully saturated rings. The van der Waals surface area contributed by atoms with Crippen LogP contribution >= 0.6 is 11.8 Å². The summed E-state index contributed by atoms with van der Waals surface area (Å²) in [6, 6.07) is 24.7. The van der Waals surface area contributed by atoms with Gasteiger partial charge in [0.2, 0.25) is 5.91 Å². The third kappa shape index (κ3) is 5.45. The number of hydrogen-bond donors (Lipinski definition) is 1. The smallest absolute Gasteiger partial charge is 0.237 e. The standard InChI is InChI=1S/C25H20FN5OS/c1-17(24(32)28-21-9-5-8-19(14-21)16-27)33-25-30-29-23(15-18-6-3-2-4-7-18)31(25)22-12-10-20(26)11-13-22/h2-14,17H,15H2,1H3,(H,28,32)/t17-/m0/s1. The molecule has 0 spiro atoms. The molecule has 0 aliphatic heterocycles. The molecule has 0 saturated carbocycles. The zero-order valence-electron chi connectivity index (χ0n) is 17.8. The van der Waals surface area contributed by atoms with E-state index in [-0.39, 0.29) is 11.7 Å². The summed E-state index contributed by atoms with van der Waals surface area (Å²) in [6.45, 7) is 1.77. The van der Waals surface area contributed by atoms with E-state index < -0.39 is 5.25 Å². The number of nitriles is 1. The van der Waals surface area contributed by atoms with Gasteiger partial charge in [-0.2, -0.15) is 5.26 Å². The van der Waals surface area contributed by atoms with Gasteiger partial charge in [0.05, 0.1) is 16.9 Å². The van der Waals surface area contributed by atoms with E-state index in [0.717, 1.165) is 5.56 Å². The van der Waals surface area contributed by atoms with Crippen LogP contribution in [0.15, 0.2) is 84.0 Å². The molecule has 0 aliphatic carbocycles. The van der Waals surface area contributed by atoms with E-state index >= 15 is 0 Å². The van der Waals surface area contributed by atoms with Crippen LogP contribution in [-0.2, 0) is 11.2 Å². The van der Waals surface area contributed by atoms with Crippen LogP contribution in [0.3, 0.4) is 0 Å². The number of hydrogen-bond acceptors (Lipinski definition) is 5. The summed E-state index contributed by atoms with van der Waals surface area (Å²) < 4.78 is 15.4. The van der Waals surface area contributed by atoms with Crippen LogP contribution in [0, 0.1) is 17.1 Å². The molecule has 0 radical (unpaired) electrons. The first kappa shape index (κ1) is 22.2. The molecule has 0 unspecified atom stereocenters. The third-order valence-corrected chi connectivity index (χ3v) is 5.94. The summed E-state index contributed by atoms with van der Waals surface area (Å²) in [5, 5.41) is 20.6. The maximum absolute atomic E-state index is 13.5. The Bertz CT molecular complexity index is 1300. The number of nitrogens with one attached hydrogen (secondary N) is 1. The van der Waals surface area contributed by atoms with Crippen LogP contribution in [-0.4, -0.2) is 25.9 Å². The van der Waals surface area contributed by atoms with Crippen molar-refractivity contribution >= 4 is 23.4 Å². The van der Waals surface area contributed by atoms with Crippen LogP contribution in [0.4, 0.5) is 10.1 Å². The van der Waals surface area contributed by atoms with E-state index in [1.54, 1.807) is 43.3 Å². The minimum atomic E-state index is -0.497. The van der Waals surface area contributed by atoms with Gasteiger partial charge in [-0.1, -0.05) is 48.2 Å². The lowest BCUT2D eigenvalue weighted by Gasteiger charge is -2.14. The number of amides is 1. The number of anilines is 1. The van der Waals surface area contributed by atoms with E-state index in [1.165, 1.54) is 23.9 Å². The highest BCUT2D eigenvalue weighted by Crippen LogP contribution is 2.27. The molecule has 164 valence electrons. The zero-order chi connectivity index (χ0) is 23.2. The Morgan fingerprint density at radius 3 is 2.58 bits per heavy atom. The Morgan fingerprint density at radius 1 is 1.09 bits per heavy atom. The molecule has 0 bridgehead atoms. The topological polar surface area (TPSA) is 83.6 Å². The highest BCUT2D eigenvalue weighted by atomic mass is 32.2. The fraction of sp³-hybridized carbons (Fsp3) is 0.120. The molecule has 1 N–H and O–H groups in total. The Balaban J connectivity index is 1.59. The van der Waals surface area contributed by atoms with Crippen LogP contribution in [0.1, 0.15) is 23.9 Å². The highest BCUT2D eigenvalue weighted by Gasteiger charge is 2.21. The minimum Gasteiger partial charge on any atom is -0.325 e. The second kappa shape index (κ2) is 10.1. The maximum Gasteiger partial charge on any atom is 0.237 e. The Labute approximate surface area is 195 Å². The molecule has 1 heterocycles. The van der Waals surface area contributed by atoms with Crippen molar-refractivity contribution in [1.29, 1.82) is 5.26 Å². The fourth-order valence-corrected chi connectivity index (χ4v) is 4.13. The highest BCUT2D eigenvalue weighted by molar-refractivity contribution is 8.00. The van der Waals surface area contributed by atoms with Crippen molar-refractivity contribution in [3.8, 4) is 11.8 Å². The van der Waals surface area contributed by atoms with Crippen molar-refractivity contribution in [3.63, 3.8) is 0 Å².